The molecule has 28 heavy (non-hydrogen) atoms. The van der Waals surface area contributed by atoms with Gasteiger partial charge in [0.2, 0.25) is 17.7 Å². The lowest BCUT2D eigenvalue weighted by molar-refractivity contribution is -0.139. The molecule has 1 atom stereocenters. The maximum atomic E-state index is 12.4. The fraction of sp³-hybridized carbons (Fsp3) is 0.650. The van der Waals surface area contributed by atoms with Crippen molar-refractivity contribution in [3.05, 3.63) is 11.3 Å². The average molecular weight is 393 g/mol. The Balaban J connectivity index is 2.45. The second kappa shape index (κ2) is 10.7. The van der Waals surface area contributed by atoms with E-state index < -0.39 is 5.91 Å². The van der Waals surface area contributed by atoms with Crippen molar-refractivity contribution in [2.24, 2.45) is 5.92 Å². The summed E-state index contributed by atoms with van der Waals surface area (Å²) in [5, 5.41) is 2.51. The highest BCUT2D eigenvalue weighted by atomic mass is 16.2. The summed E-state index contributed by atoms with van der Waals surface area (Å²) >= 11 is 0. The van der Waals surface area contributed by atoms with Gasteiger partial charge in [-0.05, 0) is 39.2 Å². The van der Waals surface area contributed by atoms with Crippen molar-refractivity contribution in [1.82, 2.24) is 15.1 Å². The van der Waals surface area contributed by atoms with E-state index in [1.165, 1.54) is 16.7 Å². The average Bonchev–Trinajstić information content (AvgIpc) is 2.84. The number of imide groups is 1. The Bertz CT molecular complexity index is 679. The molecule has 1 aliphatic rings. The van der Waals surface area contributed by atoms with Gasteiger partial charge in [-0.3, -0.25) is 28.9 Å². The van der Waals surface area contributed by atoms with Crippen LogP contribution in [0.15, 0.2) is 11.3 Å². The van der Waals surface area contributed by atoms with E-state index in [1.54, 1.807) is 27.8 Å². The van der Waals surface area contributed by atoms with Crippen molar-refractivity contribution in [2.75, 3.05) is 20.1 Å². The first-order valence-electron chi connectivity index (χ1n) is 9.62. The summed E-state index contributed by atoms with van der Waals surface area (Å²) in [6.07, 6.45) is 2.48. The molecule has 4 amide bonds. The molecule has 1 saturated heterocycles. The van der Waals surface area contributed by atoms with Crippen molar-refractivity contribution in [1.29, 1.82) is 0 Å². The number of amides is 4. The number of likely N-dealkylation sites (tertiary alicyclic amines) is 1. The van der Waals surface area contributed by atoms with Crippen molar-refractivity contribution in [3.8, 4) is 0 Å². The second-order valence-electron chi connectivity index (χ2n) is 7.49. The Hall–Kier alpha value is -2.51. The molecule has 1 unspecified atom stereocenters. The first-order valence-corrected chi connectivity index (χ1v) is 9.62. The van der Waals surface area contributed by atoms with Gasteiger partial charge in [0.25, 0.3) is 5.91 Å². The molecular formula is C20H31N3O5. The molecule has 1 N–H and O–H groups in total. The maximum absolute atomic E-state index is 12.4. The summed E-state index contributed by atoms with van der Waals surface area (Å²) in [4.78, 5) is 61.9. The number of unbranched alkanes of at least 4 members (excludes halogenated alkanes) is 2. The molecule has 1 fully saturated rings. The molecule has 0 aromatic carbocycles. The van der Waals surface area contributed by atoms with Crippen LogP contribution in [-0.4, -0.2) is 59.3 Å². The van der Waals surface area contributed by atoms with Gasteiger partial charge >= 0.3 is 0 Å². The molecule has 8 nitrogen and oxygen atoms in total. The molecule has 0 aromatic heterocycles. The number of nitrogens with one attached hydrogen (secondary N) is 1. The molecular weight excluding hydrogens is 362 g/mol. The summed E-state index contributed by atoms with van der Waals surface area (Å²) in [5.74, 6) is -1.30. The summed E-state index contributed by atoms with van der Waals surface area (Å²) in [7, 11) is 1.54. The number of rotatable bonds is 10. The normalized spacial score (nSPS) is 16.2. The van der Waals surface area contributed by atoms with Crippen LogP contribution in [0.1, 0.15) is 59.8 Å². The smallest absolute Gasteiger partial charge is 0.268 e. The van der Waals surface area contributed by atoms with Crippen LogP contribution < -0.4 is 5.32 Å². The Morgan fingerprint density at radius 3 is 2.25 bits per heavy atom. The van der Waals surface area contributed by atoms with Crippen LogP contribution in [-0.2, 0) is 24.0 Å². The van der Waals surface area contributed by atoms with E-state index >= 15 is 0 Å². The number of nitrogens with zero attached hydrogens (tertiary/aromatic N) is 2. The molecule has 0 spiro atoms. The molecule has 1 heterocycles. The molecule has 0 aromatic rings. The van der Waals surface area contributed by atoms with Crippen LogP contribution in [0.25, 0.3) is 0 Å². The quantitative estimate of drug-likeness (QED) is 0.343. The van der Waals surface area contributed by atoms with Gasteiger partial charge in [0.15, 0.2) is 0 Å². The topological polar surface area (TPSA) is 104 Å². The number of carbonyl (C=O) groups is 5. The summed E-state index contributed by atoms with van der Waals surface area (Å²) < 4.78 is 0. The fourth-order valence-corrected chi connectivity index (χ4v) is 3.10. The Morgan fingerprint density at radius 1 is 1.11 bits per heavy atom. The van der Waals surface area contributed by atoms with E-state index in [9.17, 15) is 24.0 Å². The molecule has 0 radical (unpaired) electrons. The first kappa shape index (κ1) is 23.5. The number of allylic oxidation sites excluding steroid dienone is 1. The zero-order chi connectivity index (χ0) is 21.4. The predicted molar refractivity (Wildman–Crippen MR) is 104 cm³/mol. The number of hydrogen-bond donors (Lipinski definition) is 1. The lowest BCUT2D eigenvalue weighted by atomic mass is 10.1. The minimum atomic E-state index is -0.453. The van der Waals surface area contributed by atoms with E-state index in [2.05, 4.69) is 5.32 Å². The van der Waals surface area contributed by atoms with Gasteiger partial charge in [-0.25, -0.2) is 0 Å². The standard InChI is InChI=1S/C20H31N3O5/c1-13(2)18(19(27)21-12-15(4)24)22(5)16(25)9-7-6-8-10-23-17(26)11-14(3)20(23)28/h14H,6-12H2,1-5H3,(H,21,27). The highest BCUT2D eigenvalue weighted by Crippen LogP contribution is 2.19. The third kappa shape index (κ3) is 6.58. The van der Waals surface area contributed by atoms with Crippen molar-refractivity contribution < 1.29 is 24.0 Å². The molecule has 1 rings (SSSR count). The van der Waals surface area contributed by atoms with Gasteiger partial charge in [0, 0.05) is 32.4 Å². The summed E-state index contributed by atoms with van der Waals surface area (Å²) in [6, 6.07) is 0. The Kier molecular flexibility index (Phi) is 9.02. The number of Topliss-reactive ketones (excluding diaryl/α,β-unsaturated/α-hetero) is 1. The molecule has 0 bridgehead atoms. The fourth-order valence-electron chi connectivity index (χ4n) is 3.10. The van der Waals surface area contributed by atoms with Crippen LogP contribution in [0.5, 0.6) is 0 Å². The maximum Gasteiger partial charge on any atom is 0.268 e. The van der Waals surface area contributed by atoms with Crippen LogP contribution in [0.3, 0.4) is 0 Å². The zero-order valence-electron chi connectivity index (χ0n) is 17.5. The number of carbonyl (C=O) groups excluding carboxylic acids is 5. The molecule has 8 heteroatoms. The number of likely N-dealkylation sites (N-methyl/N-ethyl adjacent to an activating group) is 1. The van der Waals surface area contributed by atoms with Crippen molar-refractivity contribution >= 4 is 29.4 Å². The lowest BCUT2D eigenvalue weighted by Gasteiger charge is -2.22. The van der Waals surface area contributed by atoms with Crippen LogP contribution in [0.2, 0.25) is 0 Å². The van der Waals surface area contributed by atoms with Crippen molar-refractivity contribution in [3.63, 3.8) is 0 Å². The van der Waals surface area contributed by atoms with Gasteiger partial charge in [-0.2, -0.15) is 0 Å². The largest absolute Gasteiger partial charge is 0.344 e. The highest BCUT2D eigenvalue weighted by Gasteiger charge is 2.34. The SMILES string of the molecule is CC(=O)CNC(=O)C(=C(C)C)N(C)C(=O)CCCCCN1C(=O)CC(C)C1=O. The molecule has 0 saturated carbocycles. The second-order valence-corrected chi connectivity index (χ2v) is 7.49. The molecule has 1 aliphatic heterocycles. The third-order valence-corrected chi connectivity index (χ3v) is 4.64. The van der Waals surface area contributed by atoms with E-state index in [4.69, 9.17) is 0 Å². The van der Waals surface area contributed by atoms with Gasteiger partial charge in [0.1, 0.15) is 11.5 Å². The number of hydrogen-bond acceptors (Lipinski definition) is 5. The Labute approximate surface area is 166 Å². The van der Waals surface area contributed by atoms with E-state index in [0.29, 0.717) is 31.4 Å². The minimum Gasteiger partial charge on any atom is -0.344 e. The van der Waals surface area contributed by atoms with E-state index in [1.807, 2.05) is 0 Å². The highest BCUT2D eigenvalue weighted by molar-refractivity contribution is 6.03. The lowest BCUT2D eigenvalue weighted by Crippen LogP contribution is -2.38. The minimum absolute atomic E-state index is 0.0792. The summed E-state index contributed by atoms with van der Waals surface area (Å²) in [5.41, 5.74) is 0.922. The number of ketones is 1. The van der Waals surface area contributed by atoms with Crippen LogP contribution in [0.4, 0.5) is 0 Å². The van der Waals surface area contributed by atoms with E-state index in [0.717, 1.165) is 0 Å². The zero-order valence-corrected chi connectivity index (χ0v) is 17.5. The van der Waals surface area contributed by atoms with E-state index in [-0.39, 0.29) is 54.5 Å². The van der Waals surface area contributed by atoms with Crippen molar-refractivity contribution in [2.45, 2.75) is 59.8 Å². The van der Waals surface area contributed by atoms with Crippen LogP contribution >= 0.6 is 0 Å². The molecule has 156 valence electrons. The Morgan fingerprint density at radius 2 is 1.75 bits per heavy atom. The monoisotopic (exact) mass is 393 g/mol. The van der Waals surface area contributed by atoms with Crippen LogP contribution in [0, 0.1) is 5.92 Å². The predicted octanol–water partition coefficient (Wildman–Crippen LogP) is 1.40. The third-order valence-electron chi connectivity index (χ3n) is 4.64. The summed E-state index contributed by atoms with van der Waals surface area (Å²) in [6.45, 7) is 6.90. The molecule has 0 aliphatic carbocycles. The van der Waals surface area contributed by atoms with Gasteiger partial charge < -0.3 is 10.2 Å². The van der Waals surface area contributed by atoms with Gasteiger partial charge in [-0.1, -0.05) is 13.3 Å². The van der Waals surface area contributed by atoms with Gasteiger partial charge in [0.05, 0.1) is 6.54 Å². The van der Waals surface area contributed by atoms with Gasteiger partial charge in [-0.15, -0.1) is 0 Å². The first-order chi connectivity index (χ1) is 13.1.